The number of hydrogen-bond acceptors (Lipinski definition) is 1. The minimum Gasteiger partial charge on any atom is -0.295 e. The van der Waals surface area contributed by atoms with E-state index in [0.29, 0.717) is 6.42 Å². The second-order valence-corrected chi connectivity index (χ2v) is 2.42. The van der Waals surface area contributed by atoms with Crippen LogP contribution in [0.2, 0.25) is 0 Å². The third-order valence-corrected chi connectivity index (χ3v) is 1.39. The lowest BCUT2D eigenvalue weighted by Gasteiger charge is -1.92. The Balaban J connectivity index is 3.39. The fourth-order valence-corrected chi connectivity index (χ4v) is 0.774. The van der Waals surface area contributed by atoms with Gasteiger partial charge in [0.25, 0.3) is 0 Å². The van der Waals surface area contributed by atoms with Crippen molar-refractivity contribution in [3.8, 4) is 12.3 Å². The van der Waals surface area contributed by atoms with Crippen LogP contribution in [0.15, 0.2) is 12.2 Å². The molecule has 0 rings (SSSR count). The molecule has 0 aliphatic rings. The third-order valence-electron chi connectivity index (χ3n) is 1.39. The zero-order chi connectivity index (χ0) is 8.53. The van der Waals surface area contributed by atoms with Crippen LogP contribution in [0.25, 0.3) is 0 Å². The van der Waals surface area contributed by atoms with E-state index in [1.54, 1.807) is 0 Å². The third kappa shape index (κ3) is 6.86. The fraction of sp³-hybridized carbons (Fsp3) is 0.500. The second-order valence-electron chi connectivity index (χ2n) is 2.42. The molecule has 0 saturated heterocycles. The molecule has 0 heterocycles. The summed E-state index contributed by atoms with van der Waals surface area (Å²) in [6, 6.07) is 0. The summed E-state index contributed by atoms with van der Waals surface area (Å²) in [6.45, 7) is 2.11. The highest BCUT2D eigenvalue weighted by Gasteiger charge is 1.93. The summed E-state index contributed by atoms with van der Waals surface area (Å²) in [4.78, 5) is 10.9. The summed E-state index contributed by atoms with van der Waals surface area (Å²) in [5, 5.41) is 0. The SMILES string of the molecule is C#C/C=C/C(=O)CCCCC. The van der Waals surface area contributed by atoms with Gasteiger partial charge in [0.05, 0.1) is 0 Å². The van der Waals surface area contributed by atoms with Gasteiger partial charge in [0.15, 0.2) is 5.78 Å². The molecule has 0 radical (unpaired) electrons. The zero-order valence-electron chi connectivity index (χ0n) is 6.97. The smallest absolute Gasteiger partial charge is 0.156 e. The van der Waals surface area contributed by atoms with Crippen molar-refractivity contribution < 1.29 is 4.79 Å². The van der Waals surface area contributed by atoms with Gasteiger partial charge in [-0.25, -0.2) is 0 Å². The Kier molecular flexibility index (Phi) is 6.42. The van der Waals surface area contributed by atoms with Crippen LogP contribution < -0.4 is 0 Å². The van der Waals surface area contributed by atoms with E-state index in [1.807, 2.05) is 0 Å². The normalized spacial score (nSPS) is 9.82. The number of unbranched alkanes of at least 4 members (excludes halogenated alkanes) is 2. The highest BCUT2D eigenvalue weighted by molar-refractivity contribution is 5.89. The predicted molar refractivity (Wildman–Crippen MR) is 47.1 cm³/mol. The lowest BCUT2D eigenvalue weighted by molar-refractivity contribution is -0.114. The van der Waals surface area contributed by atoms with Gasteiger partial charge < -0.3 is 0 Å². The molecule has 0 saturated carbocycles. The maximum atomic E-state index is 10.9. The fourth-order valence-electron chi connectivity index (χ4n) is 0.774. The molecular weight excluding hydrogens is 136 g/mol. The van der Waals surface area contributed by atoms with Gasteiger partial charge in [-0.3, -0.25) is 4.79 Å². The van der Waals surface area contributed by atoms with Crippen LogP contribution in [0.4, 0.5) is 0 Å². The molecule has 0 aromatic rings. The van der Waals surface area contributed by atoms with Crippen molar-refractivity contribution in [3.05, 3.63) is 12.2 Å². The first-order chi connectivity index (χ1) is 5.31. The Bertz CT molecular complexity index is 172. The van der Waals surface area contributed by atoms with Gasteiger partial charge in [-0.1, -0.05) is 25.7 Å². The van der Waals surface area contributed by atoms with E-state index in [4.69, 9.17) is 6.42 Å². The molecule has 0 unspecified atom stereocenters. The van der Waals surface area contributed by atoms with E-state index >= 15 is 0 Å². The first-order valence-corrected chi connectivity index (χ1v) is 3.96. The monoisotopic (exact) mass is 150 g/mol. The van der Waals surface area contributed by atoms with Crippen LogP contribution in [0, 0.1) is 12.3 Å². The van der Waals surface area contributed by atoms with Crippen LogP contribution in [0.1, 0.15) is 32.6 Å². The van der Waals surface area contributed by atoms with Gasteiger partial charge in [0.2, 0.25) is 0 Å². The standard InChI is InChI=1S/C10H14O/c1-3-5-7-9-10(11)8-6-4-2/h2,6,8H,3,5,7,9H2,1H3/b8-6+. The number of ketones is 1. The molecule has 60 valence electrons. The van der Waals surface area contributed by atoms with E-state index in [9.17, 15) is 4.79 Å². The molecule has 0 aromatic carbocycles. The molecule has 11 heavy (non-hydrogen) atoms. The summed E-state index contributed by atoms with van der Waals surface area (Å²) in [7, 11) is 0. The van der Waals surface area contributed by atoms with Crippen molar-refractivity contribution in [2.45, 2.75) is 32.6 Å². The Labute approximate surface area is 68.5 Å². The van der Waals surface area contributed by atoms with E-state index < -0.39 is 0 Å². The van der Waals surface area contributed by atoms with E-state index in [0.717, 1.165) is 19.3 Å². The number of hydrogen-bond donors (Lipinski definition) is 0. The molecule has 0 atom stereocenters. The van der Waals surface area contributed by atoms with Crippen LogP contribution >= 0.6 is 0 Å². The highest BCUT2D eigenvalue weighted by Crippen LogP contribution is 1.99. The Hall–Kier alpha value is -1.03. The lowest BCUT2D eigenvalue weighted by atomic mass is 10.1. The molecule has 0 aromatic heterocycles. The van der Waals surface area contributed by atoms with Gasteiger partial charge in [-0.15, -0.1) is 6.42 Å². The number of terminal acetylenes is 1. The average Bonchev–Trinajstić information content (AvgIpc) is 2.01. The number of carbonyl (C=O) groups excluding carboxylic acids is 1. The molecule has 0 aliphatic carbocycles. The lowest BCUT2D eigenvalue weighted by Crippen LogP contribution is -1.91. The van der Waals surface area contributed by atoms with Gasteiger partial charge in [-0.05, 0) is 18.6 Å². The van der Waals surface area contributed by atoms with Gasteiger partial charge in [0, 0.05) is 6.42 Å². The Morgan fingerprint density at radius 1 is 1.55 bits per heavy atom. The van der Waals surface area contributed by atoms with Crippen molar-refractivity contribution in [3.63, 3.8) is 0 Å². The maximum absolute atomic E-state index is 10.9. The summed E-state index contributed by atoms with van der Waals surface area (Å²) in [5.41, 5.74) is 0. The highest BCUT2D eigenvalue weighted by atomic mass is 16.1. The molecule has 0 amide bonds. The molecule has 0 fully saturated rings. The van der Waals surface area contributed by atoms with Crippen molar-refractivity contribution in [1.29, 1.82) is 0 Å². The van der Waals surface area contributed by atoms with E-state index in [1.165, 1.54) is 12.2 Å². The number of allylic oxidation sites excluding steroid dienone is 2. The van der Waals surface area contributed by atoms with E-state index in [2.05, 4.69) is 12.8 Å². The molecule has 0 spiro atoms. The van der Waals surface area contributed by atoms with E-state index in [-0.39, 0.29) is 5.78 Å². The van der Waals surface area contributed by atoms with Crippen molar-refractivity contribution >= 4 is 5.78 Å². The van der Waals surface area contributed by atoms with Crippen molar-refractivity contribution in [2.75, 3.05) is 0 Å². The Morgan fingerprint density at radius 2 is 2.27 bits per heavy atom. The molecule has 1 heteroatoms. The summed E-state index contributed by atoms with van der Waals surface area (Å²) in [6.07, 6.45) is 11.7. The second kappa shape index (κ2) is 7.08. The van der Waals surface area contributed by atoms with Crippen LogP contribution in [0.3, 0.4) is 0 Å². The van der Waals surface area contributed by atoms with Crippen molar-refractivity contribution in [1.82, 2.24) is 0 Å². The van der Waals surface area contributed by atoms with Gasteiger partial charge in [0.1, 0.15) is 0 Å². The van der Waals surface area contributed by atoms with Crippen molar-refractivity contribution in [2.24, 2.45) is 0 Å². The van der Waals surface area contributed by atoms with Crippen LogP contribution in [-0.2, 0) is 4.79 Å². The molecule has 1 nitrogen and oxygen atoms in total. The molecule has 0 N–H and O–H groups in total. The largest absolute Gasteiger partial charge is 0.295 e. The minimum absolute atomic E-state index is 0.136. The summed E-state index contributed by atoms with van der Waals surface area (Å²) >= 11 is 0. The topological polar surface area (TPSA) is 17.1 Å². The quantitative estimate of drug-likeness (QED) is 0.334. The molecular formula is C10H14O. The zero-order valence-corrected chi connectivity index (χ0v) is 6.97. The Morgan fingerprint density at radius 3 is 2.82 bits per heavy atom. The molecule has 0 aliphatic heterocycles. The predicted octanol–water partition coefficient (Wildman–Crippen LogP) is 2.33. The van der Waals surface area contributed by atoms with Crippen LogP contribution in [0.5, 0.6) is 0 Å². The number of carbonyl (C=O) groups is 1. The average molecular weight is 150 g/mol. The maximum Gasteiger partial charge on any atom is 0.156 e. The minimum atomic E-state index is 0.136. The molecule has 0 bridgehead atoms. The first kappa shape index (κ1) is 9.97. The van der Waals surface area contributed by atoms with Gasteiger partial charge in [-0.2, -0.15) is 0 Å². The van der Waals surface area contributed by atoms with Crippen LogP contribution in [-0.4, -0.2) is 5.78 Å². The van der Waals surface area contributed by atoms with Gasteiger partial charge >= 0.3 is 0 Å². The summed E-state index contributed by atoms with van der Waals surface area (Å²) < 4.78 is 0. The summed E-state index contributed by atoms with van der Waals surface area (Å²) in [5.74, 6) is 2.42. The first-order valence-electron chi connectivity index (χ1n) is 3.96. The number of rotatable bonds is 5.